The summed E-state index contributed by atoms with van der Waals surface area (Å²) in [5.41, 5.74) is 5.48. The van der Waals surface area contributed by atoms with E-state index in [1.54, 1.807) is 11.3 Å². The number of rotatable bonds is 5. The van der Waals surface area contributed by atoms with Crippen LogP contribution in [-0.4, -0.2) is 4.98 Å². The maximum Gasteiger partial charge on any atom is 0.129 e. The van der Waals surface area contributed by atoms with E-state index in [2.05, 4.69) is 132 Å². The van der Waals surface area contributed by atoms with Crippen LogP contribution in [0.2, 0.25) is 0 Å². The van der Waals surface area contributed by atoms with Crippen molar-refractivity contribution < 1.29 is 0 Å². The van der Waals surface area contributed by atoms with Crippen LogP contribution >= 0.6 is 11.3 Å². The average molecular weight is 455 g/mol. The predicted molar refractivity (Wildman–Crippen MR) is 145 cm³/mol. The number of thiazole rings is 1. The SMILES string of the molecule is c1ccc(-c2nc(-c3cccc4ccccc34)c(N(c3ccccc3)c3ccccc3)s2)cc1. The van der Waals surface area contributed by atoms with Crippen LogP contribution in [0, 0.1) is 0 Å². The van der Waals surface area contributed by atoms with Crippen LogP contribution in [0.5, 0.6) is 0 Å². The standard InChI is InChI=1S/C31H22N2S/c1-4-14-24(15-5-1)30-32-29(28-22-12-16-23-13-10-11-21-27(23)28)31(34-30)33(25-17-6-2-7-18-25)26-19-8-3-9-20-26/h1-22H. The Kier molecular flexibility index (Phi) is 5.38. The van der Waals surface area contributed by atoms with Crippen molar-refractivity contribution >= 4 is 38.5 Å². The van der Waals surface area contributed by atoms with Gasteiger partial charge in [-0.15, -0.1) is 0 Å². The molecule has 1 aromatic heterocycles. The van der Waals surface area contributed by atoms with Gasteiger partial charge in [0.25, 0.3) is 0 Å². The van der Waals surface area contributed by atoms with Crippen LogP contribution in [0.25, 0.3) is 32.6 Å². The molecule has 0 aliphatic carbocycles. The Morgan fingerprint density at radius 2 is 1.09 bits per heavy atom. The van der Waals surface area contributed by atoms with Crippen molar-refractivity contribution in [3.8, 4) is 21.8 Å². The molecule has 0 aliphatic rings. The minimum absolute atomic E-state index is 0.994. The van der Waals surface area contributed by atoms with Crippen molar-refractivity contribution in [1.82, 2.24) is 4.98 Å². The lowest BCUT2D eigenvalue weighted by atomic mass is 10.0. The first kappa shape index (κ1) is 20.4. The molecule has 2 nitrogen and oxygen atoms in total. The van der Waals surface area contributed by atoms with Crippen LogP contribution in [0.15, 0.2) is 133 Å². The van der Waals surface area contributed by atoms with Crippen molar-refractivity contribution in [2.45, 2.75) is 0 Å². The van der Waals surface area contributed by atoms with E-state index >= 15 is 0 Å². The Morgan fingerprint density at radius 1 is 0.529 bits per heavy atom. The molecule has 0 aliphatic heterocycles. The number of para-hydroxylation sites is 2. The molecular weight excluding hydrogens is 432 g/mol. The fraction of sp³-hybridized carbons (Fsp3) is 0. The molecule has 0 unspecified atom stereocenters. The third kappa shape index (κ3) is 3.76. The van der Waals surface area contributed by atoms with Gasteiger partial charge in [-0.3, -0.25) is 0 Å². The van der Waals surface area contributed by atoms with Crippen LogP contribution < -0.4 is 4.90 Å². The zero-order valence-corrected chi connectivity index (χ0v) is 19.3. The molecule has 6 rings (SSSR count). The normalized spacial score (nSPS) is 10.9. The smallest absolute Gasteiger partial charge is 0.129 e. The monoisotopic (exact) mass is 454 g/mol. The lowest BCUT2D eigenvalue weighted by molar-refractivity contribution is 1.29. The van der Waals surface area contributed by atoms with E-state index in [4.69, 9.17) is 4.98 Å². The predicted octanol–water partition coefficient (Wildman–Crippen LogP) is 9.10. The molecule has 0 spiro atoms. The maximum atomic E-state index is 5.25. The fourth-order valence-electron chi connectivity index (χ4n) is 4.31. The number of aromatic nitrogens is 1. The van der Waals surface area contributed by atoms with Gasteiger partial charge in [-0.05, 0) is 35.0 Å². The van der Waals surface area contributed by atoms with Gasteiger partial charge in [-0.1, -0.05) is 121 Å². The van der Waals surface area contributed by atoms with E-state index < -0.39 is 0 Å². The Bertz CT molecular complexity index is 1500. The van der Waals surface area contributed by atoms with Gasteiger partial charge in [0.05, 0.1) is 0 Å². The second kappa shape index (κ2) is 8.97. The van der Waals surface area contributed by atoms with Crippen LogP contribution in [0.1, 0.15) is 0 Å². The molecule has 0 saturated carbocycles. The van der Waals surface area contributed by atoms with Gasteiger partial charge in [0.15, 0.2) is 0 Å². The van der Waals surface area contributed by atoms with Crippen molar-refractivity contribution in [1.29, 1.82) is 0 Å². The summed E-state index contributed by atoms with van der Waals surface area (Å²) >= 11 is 1.73. The maximum absolute atomic E-state index is 5.25. The zero-order valence-electron chi connectivity index (χ0n) is 18.5. The quantitative estimate of drug-likeness (QED) is 0.258. The minimum atomic E-state index is 0.994. The van der Waals surface area contributed by atoms with E-state index in [9.17, 15) is 0 Å². The third-order valence-corrected chi connectivity index (χ3v) is 7.00. The lowest BCUT2D eigenvalue weighted by Crippen LogP contribution is -2.09. The molecule has 0 saturated heterocycles. The Morgan fingerprint density at radius 3 is 1.76 bits per heavy atom. The molecule has 5 aromatic carbocycles. The summed E-state index contributed by atoms with van der Waals surface area (Å²) in [6.07, 6.45) is 0. The highest BCUT2D eigenvalue weighted by Gasteiger charge is 2.23. The Balaban J connectivity index is 1.65. The van der Waals surface area contributed by atoms with Gasteiger partial charge in [0, 0.05) is 22.5 Å². The van der Waals surface area contributed by atoms with Crippen LogP contribution in [-0.2, 0) is 0 Å². The molecule has 0 N–H and O–H groups in total. The second-order valence-electron chi connectivity index (χ2n) is 8.07. The first-order valence-corrected chi connectivity index (χ1v) is 12.1. The van der Waals surface area contributed by atoms with Crippen molar-refractivity contribution in [2.75, 3.05) is 4.90 Å². The van der Waals surface area contributed by atoms with Gasteiger partial charge < -0.3 is 4.90 Å². The van der Waals surface area contributed by atoms with Crippen molar-refractivity contribution in [3.05, 3.63) is 133 Å². The molecule has 0 atom stereocenters. The summed E-state index contributed by atoms with van der Waals surface area (Å²) in [6, 6.07) is 46.5. The highest BCUT2D eigenvalue weighted by Crippen LogP contribution is 2.47. The molecule has 0 amide bonds. The Hall–Kier alpha value is -4.21. The summed E-state index contributed by atoms with van der Waals surface area (Å²) < 4.78 is 0. The van der Waals surface area contributed by atoms with Crippen molar-refractivity contribution in [2.24, 2.45) is 0 Å². The number of hydrogen-bond donors (Lipinski definition) is 0. The summed E-state index contributed by atoms with van der Waals surface area (Å²) in [4.78, 5) is 7.57. The lowest BCUT2D eigenvalue weighted by Gasteiger charge is -2.24. The zero-order chi connectivity index (χ0) is 22.7. The number of nitrogens with zero attached hydrogens (tertiary/aromatic N) is 2. The molecule has 0 bridgehead atoms. The largest absolute Gasteiger partial charge is 0.300 e. The van der Waals surface area contributed by atoms with E-state index in [-0.39, 0.29) is 0 Å². The van der Waals surface area contributed by atoms with Crippen LogP contribution in [0.4, 0.5) is 16.4 Å². The highest BCUT2D eigenvalue weighted by molar-refractivity contribution is 7.19. The summed E-state index contributed by atoms with van der Waals surface area (Å²) in [7, 11) is 0. The summed E-state index contributed by atoms with van der Waals surface area (Å²) in [5, 5.41) is 4.53. The molecule has 34 heavy (non-hydrogen) atoms. The van der Waals surface area contributed by atoms with E-state index in [0.717, 1.165) is 38.2 Å². The van der Waals surface area contributed by atoms with Gasteiger partial charge in [-0.25, -0.2) is 4.98 Å². The second-order valence-corrected chi connectivity index (χ2v) is 9.05. The first-order chi connectivity index (χ1) is 16.9. The third-order valence-electron chi connectivity index (χ3n) is 5.91. The van der Waals surface area contributed by atoms with E-state index in [1.807, 2.05) is 6.07 Å². The molecule has 1 heterocycles. The topological polar surface area (TPSA) is 16.1 Å². The number of hydrogen-bond acceptors (Lipinski definition) is 3. The summed E-state index contributed by atoms with van der Waals surface area (Å²) in [5.74, 6) is 0. The molecule has 0 radical (unpaired) electrons. The van der Waals surface area contributed by atoms with Gasteiger partial charge >= 0.3 is 0 Å². The minimum Gasteiger partial charge on any atom is -0.300 e. The fourth-order valence-corrected chi connectivity index (χ4v) is 5.44. The number of benzene rings is 5. The average Bonchev–Trinajstić information content (AvgIpc) is 3.35. The van der Waals surface area contributed by atoms with E-state index in [0.29, 0.717) is 0 Å². The van der Waals surface area contributed by atoms with Crippen LogP contribution in [0.3, 0.4) is 0 Å². The number of fused-ring (bicyclic) bond motifs is 1. The van der Waals surface area contributed by atoms with Gasteiger partial charge in [0.1, 0.15) is 15.7 Å². The van der Waals surface area contributed by atoms with Gasteiger partial charge in [-0.2, -0.15) is 0 Å². The van der Waals surface area contributed by atoms with E-state index in [1.165, 1.54) is 10.8 Å². The molecule has 162 valence electrons. The molecule has 0 fully saturated rings. The molecular formula is C31H22N2S. The first-order valence-electron chi connectivity index (χ1n) is 11.3. The molecule has 6 aromatic rings. The molecule has 3 heteroatoms. The summed E-state index contributed by atoms with van der Waals surface area (Å²) in [6.45, 7) is 0. The Labute approximate surface area is 203 Å². The highest BCUT2D eigenvalue weighted by atomic mass is 32.1. The van der Waals surface area contributed by atoms with Gasteiger partial charge in [0.2, 0.25) is 0 Å². The van der Waals surface area contributed by atoms with Crippen molar-refractivity contribution in [3.63, 3.8) is 0 Å². The number of anilines is 3.